The number of imide groups is 1. The number of amides is 4. The average Bonchev–Trinajstić information content (AvgIpc) is 2.62. The van der Waals surface area contributed by atoms with Crippen LogP contribution in [-0.2, 0) is 14.4 Å². The quantitative estimate of drug-likeness (QED) is 0.625. The van der Waals surface area contributed by atoms with E-state index < -0.39 is 24.6 Å². The van der Waals surface area contributed by atoms with Crippen LogP contribution in [0, 0.1) is 0 Å². The molecule has 0 heterocycles. The van der Waals surface area contributed by atoms with Gasteiger partial charge in [0.2, 0.25) is 6.29 Å². The number of urea groups is 1. The second-order valence-electron chi connectivity index (χ2n) is 4.70. The topological polar surface area (TPSA) is 96.0 Å². The van der Waals surface area contributed by atoms with Gasteiger partial charge >= 0.3 is 12.1 Å². The first-order valence-corrected chi connectivity index (χ1v) is 7.70. The maximum absolute atomic E-state index is 12.4. The number of nitrogens with zero attached hydrogens (tertiary/aromatic N) is 2. The predicted octanol–water partition coefficient (Wildman–Crippen LogP) is 1.74. The summed E-state index contributed by atoms with van der Waals surface area (Å²) in [6.45, 7) is 2.98. The van der Waals surface area contributed by atoms with E-state index in [9.17, 15) is 19.2 Å². The fourth-order valence-corrected chi connectivity index (χ4v) is 1.78. The molecule has 0 aliphatic rings. The van der Waals surface area contributed by atoms with Crippen molar-refractivity contribution in [1.82, 2.24) is 15.3 Å². The summed E-state index contributed by atoms with van der Waals surface area (Å²) in [6, 6.07) is 8.04. The van der Waals surface area contributed by atoms with Crippen LogP contribution in [0.3, 0.4) is 0 Å². The molecule has 0 spiro atoms. The molecule has 8 heteroatoms. The zero-order valence-corrected chi connectivity index (χ0v) is 14.1. The molecule has 0 atom stereocenters. The molecule has 1 radical (unpaired) electrons. The molecule has 0 saturated carbocycles. The van der Waals surface area contributed by atoms with Gasteiger partial charge in [-0.05, 0) is 25.5 Å². The standard InChI is InChI=1S/C17H20N3O5/c1-3-18-16(23)25-20(4-2)17(24)19(12-13-21)15(22)11-10-14-8-6-5-7-9-14/h5-11H,3-4,12H2,1-2H3,(H,18,23). The van der Waals surface area contributed by atoms with Crippen molar-refractivity contribution in [3.63, 3.8) is 0 Å². The van der Waals surface area contributed by atoms with Gasteiger partial charge in [-0.15, -0.1) is 0 Å². The first kappa shape index (κ1) is 19.9. The van der Waals surface area contributed by atoms with Crippen molar-refractivity contribution in [2.75, 3.05) is 19.6 Å². The average molecular weight is 346 g/mol. The molecule has 0 aliphatic heterocycles. The second kappa shape index (κ2) is 10.6. The van der Waals surface area contributed by atoms with Gasteiger partial charge in [0.1, 0.15) is 0 Å². The second-order valence-corrected chi connectivity index (χ2v) is 4.70. The van der Waals surface area contributed by atoms with Crippen molar-refractivity contribution in [3.05, 3.63) is 42.0 Å². The van der Waals surface area contributed by atoms with Crippen LogP contribution in [0.4, 0.5) is 9.59 Å². The van der Waals surface area contributed by atoms with E-state index in [0.717, 1.165) is 11.6 Å². The Hall–Kier alpha value is -3.16. The first-order chi connectivity index (χ1) is 12.0. The van der Waals surface area contributed by atoms with Crippen molar-refractivity contribution < 1.29 is 24.0 Å². The lowest BCUT2D eigenvalue weighted by Gasteiger charge is -2.25. The van der Waals surface area contributed by atoms with Crippen LogP contribution in [0.5, 0.6) is 0 Å². The van der Waals surface area contributed by atoms with Crippen molar-refractivity contribution in [1.29, 1.82) is 0 Å². The molecule has 0 aliphatic carbocycles. The van der Waals surface area contributed by atoms with E-state index >= 15 is 0 Å². The highest BCUT2D eigenvalue weighted by atomic mass is 16.7. The number of benzene rings is 1. The van der Waals surface area contributed by atoms with E-state index in [1.54, 1.807) is 38.1 Å². The Morgan fingerprint density at radius 2 is 1.88 bits per heavy atom. The summed E-state index contributed by atoms with van der Waals surface area (Å²) >= 11 is 0. The molecule has 1 aromatic carbocycles. The van der Waals surface area contributed by atoms with Crippen LogP contribution in [0.15, 0.2) is 36.4 Å². The zero-order chi connectivity index (χ0) is 18.7. The Morgan fingerprint density at radius 1 is 1.20 bits per heavy atom. The lowest BCUT2D eigenvalue weighted by Crippen LogP contribution is -2.48. The maximum atomic E-state index is 12.4. The monoisotopic (exact) mass is 346 g/mol. The number of nitrogens with one attached hydrogen (secondary N) is 1. The zero-order valence-electron chi connectivity index (χ0n) is 14.1. The smallest absolute Gasteiger partial charge is 0.320 e. The minimum absolute atomic E-state index is 0.000996. The SMILES string of the molecule is CCNC(=O)ON(CC)C(=O)N(C[C]=O)C(=O)C=Cc1ccccc1. The van der Waals surface area contributed by atoms with Gasteiger partial charge in [0, 0.05) is 12.6 Å². The molecule has 1 aromatic rings. The fraction of sp³-hybridized carbons (Fsp3) is 0.294. The summed E-state index contributed by atoms with van der Waals surface area (Å²) in [4.78, 5) is 52.2. The van der Waals surface area contributed by atoms with Crippen molar-refractivity contribution >= 4 is 30.4 Å². The molecular formula is C17H20N3O5. The number of rotatable bonds is 6. The molecule has 0 unspecified atom stereocenters. The van der Waals surface area contributed by atoms with Crippen molar-refractivity contribution in [2.45, 2.75) is 13.8 Å². The highest BCUT2D eigenvalue weighted by Gasteiger charge is 2.27. The van der Waals surface area contributed by atoms with Gasteiger partial charge in [0.25, 0.3) is 5.91 Å². The third kappa shape index (κ3) is 6.46. The summed E-state index contributed by atoms with van der Waals surface area (Å²) in [7, 11) is 0. The van der Waals surface area contributed by atoms with Gasteiger partial charge in [-0.3, -0.25) is 14.5 Å². The van der Waals surface area contributed by atoms with Gasteiger partial charge < -0.3 is 10.2 Å². The summed E-state index contributed by atoms with van der Waals surface area (Å²) in [5.41, 5.74) is 0.754. The molecule has 1 rings (SSSR count). The highest BCUT2D eigenvalue weighted by molar-refractivity contribution is 6.03. The van der Waals surface area contributed by atoms with Crippen LogP contribution in [-0.4, -0.2) is 53.9 Å². The number of carbonyl (C=O) groups is 3. The summed E-state index contributed by atoms with van der Waals surface area (Å²) in [6.07, 6.45) is 3.34. The summed E-state index contributed by atoms with van der Waals surface area (Å²) in [5.74, 6) is -0.727. The number of hydrogen-bond donors (Lipinski definition) is 1. The Labute approximate surface area is 146 Å². The van der Waals surface area contributed by atoms with Gasteiger partial charge in [0.15, 0.2) is 0 Å². The van der Waals surface area contributed by atoms with Gasteiger partial charge in [0.05, 0.1) is 13.1 Å². The Kier molecular flexibility index (Phi) is 8.42. The molecule has 1 N–H and O–H groups in total. The minimum atomic E-state index is -0.931. The number of hydrogen-bond acceptors (Lipinski definition) is 5. The van der Waals surface area contributed by atoms with Crippen molar-refractivity contribution in [2.24, 2.45) is 0 Å². The van der Waals surface area contributed by atoms with Gasteiger partial charge in [-0.2, -0.15) is 5.06 Å². The number of carbonyl (C=O) groups excluding carboxylic acids is 4. The molecule has 0 bridgehead atoms. The lowest BCUT2D eigenvalue weighted by molar-refractivity contribution is -0.126. The van der Waals surface area contributed by atoms with Crippen LogP contribution in [0.1, 0.15) is 19.4 Å². The Balaban J connectivity index is 2.86. The maximum Gasteiger partial charge on any atom is 0.431 e. The van der Waals surface area contributed by atoms with E-state index in [2.05, 4.69) is 5.32 Å². The van der Waals surface area contributed by atoms with Crippen LogP contribution in [0.25, 0.3) is 6.08 Å². The molecule has 0 fully saturated rings. The molecule has 0 saturated heterocycles. The third-order valence-corrected chi connectivity index (χ3v) is 2.95. The Morgan fingerprint density at radius 3 is 2.44 bits per heavy atom. The largest absolute Gasteiger partial charge is 0.431 e. The first-order valence-electron chi connectivity index (χ1n) is 7.70. The molecular weight excluding hydrogens is 326 g/mol. The van der Waals surface area contributed by atoms with Crippen LogP contribution in [0.2, 0.25) is 0 Å². The van der Waals surface area contributed by atoms with Gasteiger partial charge in [-0.1, -0.05) is 30.3 Å². The predicted molar refractivity (Wildman–Crippen MR) is 90.8 cm³/mol. The Bertz CT molecular complexity index is 630. The van der Waals surface area contributed by atoms with E-state index in [0.29, 0.717) is 16.5 Å². The molecule has 4 amide bonds. The van der Waals surface area contributed by atoms with E-state index in [1.165, 1.54) is 12.4 Å². The van der Waals surface area contributed by atoms with Crippen LogP contribution < -0.4 is 5.32 Å². The molecule has 8 nitrogen and oxygen atoms in total. The summed E-state index contributed by atoms with van der Waals surface area (Å²) in [5, 5.41) is 3.05. The number of hydroxylamine groups is 2. The van der Waals surface area contributed by atoms with E-state index in [4.69, 9.17) is 4.84 Å². The lowest BCUT2D eigenvalue weighted by atomic mass is 10.2. The minimum Gasteiger partial charge on any atom is -0.320 e. The van der Waals surface area contributed by atoms with Gasteiger partial charge in [-0.25, -0.2) is 9.59 Å². The van der Waals surface area contributed by atoms with E-state index in [1.807, 2.05) is 6.07 Å². The molecule has 25 heavy (non-hydrogen) atoms. The normalized spacial score (nSPS) is 10.2. The molecule has 133 valence electrons. The molecule has 0 aromatic heterocycles. The summed E-state index contributed by atoms with van der Waals surface area (Å²) < 4.78 is 0. The van der Waals surface area contributed by atoms with Crippen LogP contribution >= 0.6 is 0 Å². The van der Waals surface area contributed by atoms with E-state index in [-0.39, 0.29) is 6.54 Å². The fourth-order valence-electron chi connectivity index (χ4n) is 1.78. The van der Waals surface area contributed by atoms with Crippen molar-refractivity contribution in [3.8, 4) is 0 Å². The third-order valence-electron chi connectivity index (χ3n) is 2.95. The highest BCUT2D eigenvalue weighted by Crippen LogP contribution is 2.05.